The molecule has 1 aliphatic rings. The summed E-state index contributed by atoms with van der Waals surface area (Å²) < 4.78 is 3.93. The van der Waals surface area contributed by atoms with Gasteiger partial charge in [-0.3, -0.25) is 0 Å². The van der Waals surface area contributed by atoms with E-state index in [0.717, 1.165) is 0 Å². The topological polar surface area (TPSA) is 0 Å². The first kappa shape index (κ1) is 12.3. The number of rotatable bonds is 0. The maximum atomic E-state index is 2.42. The smallest absolute Gasteiger partial charge is 0.107 e. The van der Waals surface area contributed by atoms with Gasteiger partial charge in [-0.2, -0.15) is 0 Å². The van der Waals surface area contributed by atoms with Crippen LogP contribution in [0.25, 0.3) is 0 Å². The van der Waals surface area contributed by atoms with Crippen LogP contribution in [0.15, 0.2) is 10.2 Å². The summed E-state index contributed by atoms with van der Waals surface area (Å²) in [5, 5.41) is 0. The Morgan fingerprint density at radius 2 is 2.00 bits per heavy atom. The molecule has 0 saturated carbocycles. The van der Waals surface area contributed by atoms with Crippen LogP contribution in [0.5, 0.6) is 0 Å². The first-order chi connectivity index (χ1) is 2.50. The third-order valence-electron chi connectivity index (χ3n) is 0.384. The SMILES string of the molecule is C1=C[IH][IH]C1.I.I. The number of hydrogen-bond donors (Lipinski definition) is 0. The van der Waals surface area contributed by atoms with Gasteiger partial charge >= 0.3 is 49.0 Å². The molecule has 0 radical (unpaired) electrons. The summed E-state index contributed by atoms with van der Waals surface area (Å²) in [6.07, 6.45) is 2.35. The summed E-state index contributed by atoms with van der Waals surface area (Å²) in [5.74, 6) is 0. The predicted octanol–water partition coefficient (Wildman–Crippen LogP) is 3.07. The first-order valence-electron chi connectivity index (χ1n) is 1.43. The van der Waals surface area contributed by atoms with Crippen molar-refractivity contribution in [2.24, 2.45) is 0 Å². The van der Waals surface area contributed by atoms with Gasteiger partial charge < -0.3 is 0 Å². The minimum atomic E-state index is 0. The quantitative estimate of drug-likeness (QED) is 0.321. The van der Waals surface area contributed by atoms with Gasteiger partial charge in [0.2, 0.25) is 0 Å². The molecule has 0 spiro atoms. The fourth-order valence-corrected chi connectivity index (χ4v) is 8.84. The van der Waals surface area contributed by atoms with Gasteiger partial charge in [0.1, 0.15) is 0 Å². The summed E-state index contributed by atoms with van der Waals surface area (Å²) in [6.45, 7) is 0. The number of alkyl halides is 1. The van der Waals surface area contributed by atoms with Crippen LogP contribution in [0.2, 0.25) is 0 Å². The van der Waals surface area contributed by atoms with Crippen molar-refractivity contribution in [3.8, 4) is 0 Å². The van der Waals surface area contributed by atoms with Crippen molar-refractivity contribution in [1.29, 1.82) is 0 Å². The molecular formula is C3H8I4. The summed E-state index contributed by atoms with van der Waals surface area (Å²) >= 11 is 1.18. The maximum absolute atomic E-state index is 2.42. The van der Waals surface area contributed by atoms with Crippen LogP contribution in [0.3, 0.4) is 0 Å². The van der Waals surface area contributed by atoms with Crippen LogP contribution in [0, 0.1) is 0 Å². The average molecular weight is 552 g/mol. The number of halogens is 4. The van der Waals surface area contributed by atoms with E-state index in [4.69, 9.17) is 0 Å². The largest absolute Gasteiger partial charge is 0.107 e. The molecule has 0 amide bonds. The molecule has 1 heterocycles. The molecule has 0 N–H and O–H groups in total. The van der Waals surface area contributed by atoms with Crippen molar-refractivity contribution in [3.63, 3.8) is 0 Å². The molecule has 0 atom stereocenters. The first-order valence-corrected chi connectivity index (χ1v) is 11.8. The van der Waals surface area contributed by atoms with E-state index in [0.29, 0.717) is 34.5 Å². The van der Waals surface area contributed by atoms with E-state index in [1.54, 1.807) is 0 Å². The Kier molecular flexibility index (Phi) is 15.3. The fraction of sp³-hybridized carbons (Fsp3) is 0.333. The second-order valence-electron chi connectivity index (χ2n) is 0.753. The van der Waals surface area contributed by atoms with Crippen LogP contribution in [-0.2, 0) is 0 Å². The third-order valence-corrected chi connectivity index (χ3v) is 9.91. The molecule has 0 aromatic rings. The van der Waals surface area contributed by atoms with Crippen molar-refractivity contribution in [2.45, 2.75) is 0 Å². The Bertz CT molecular complexity index is 44.9. The van der Waals surface area contributed by atoms with Crippen LogP contribution >= 0.6 is 82.4 Å². The molecule has 0 unspecified atom stereocenters. The van der Waals surface area contributed by atoms with Crippen molar-refractivity contribution in [1.82, 2.24) is 0 Å². The van der Waals surface area contributed by atoms with Crippen molar-refractivity contribution >= 4 is 82.4 Å². The third kappa shape index (κ3) is 6.55. The molecule has 1 aliphatic heterocycles. The normalized spacial score (nSPS) is 17.1. The van der Waals surface area contributed by atoms with Crippen molar-refractivity contribution < 1.29 is 0 Å². The molecule has 0 bridgehead atoms. The standard InChI is InChI=1S/C3H6I2.2HI/c1-2-4-5-3-1;;/h1-2,4-5H,3H2;2*1H. The molecule has 0 nitrogen and oxygen atoms in total. The van der Waals surface area contributed by atoms with Gasteiger partial charge in [0.05, 0.1) is 0 Å². The molecule has 0 aromatic carbocycles. The van der Waals surface area contributed by atoms with E-state index in [2.05, 4.69) is 10.2 Å². The molecule has 1 rings (SSSR count). The van der Waals surface area contributed by atoms with E-state index in [1.165, 1.54) is 4.43 Å². The van der Waals surface area contributed by atoms with Crippen molar-refractivity contribution in [3.05, 3.63) is 10.2 Å². The summed E-state index contributed by atoms with van der Waals surface area (Å²) in [7, 11) is 0. The monoisotopic (exact) mass is 552 g/mol. The van der Waals surface area contributed by atoms with Crippen LogP contribution in [-0.4, -0.2) is 4.43 Å². The number of hydrogen-bond acceptors (Lipinski definition) is 0. The van der Waals surface area contributed by atoms with Gasteiger partial charge in [-0.1, -0.05) is 0 Å². The van der Waals surface area contributed by atoms with Gasteiger partial charge in [0.25, 0.3) is 0 Å². The molecule has 0 aromatic heterocycles. The molecule has 0 aliphatic carbocycles. The Morgan fingerprint density at radius 1 is 1.29 bits per heavy atom. The average Bonchev–Trinajstić information content (AvgIpc) is 1.76. The molecular weight excluding hydrogens is 544 g/mol. The Balaban J connectivity index is 0. The van der Waals surface area contributed by atoms with Gasteiger partial charge in [0.15, 0.2) is 0 Å². The van der Waals surface area contributed by atoms with Gasteiger partial charge in [-0.25, -0.2) is 0 Å². The van der Waals surface area contributed by atoms with Gasteiger partial charge in [0, 0.05) is 0 Å². The molecule has 7 heavy (non-hydrogen) atoms. The van der Waals surface area contributed by atoms with E-state index in [9.17, 15) is 0 Å². The minimum absolute atomic E-state index is 0. The van der Waals surface area contributed by atoms with Gasteiger partial charge in [-0.05, 0) is 0 Å². The van der Waals surface area contributed by atoms with E-state index in [-0.39, 0.29) is 48.0 Å². The van der Waals surface area contributed by atoms with E-state index >= 15 is 0 Å². The maximum Gasteiger partial charge on any atom is -0.107 e. The zero-order valence-electron chi connectivity index (χ0n) is 3.49. The molecule has 0 fully saturated rings. The van der Waals surface area contributed by atoms with E-state index < -0.39 is 0 Å². The zero-order valence-corrected chi connectivity index (χ0v) is 12.8. The molecule has 4 heteroatoms. The molecule has 48 valence electrons. The Morgan fingerprint density at radius 3 is 2.14 bits per heavy atom. The number of allylic oxidation sites excluding steroid dienone is 1. The van der Waals surface area contributed by atoms with Crippen molar-refractivity contribution in [2.75, 3.05) is 4.43 Å². The predicted molar refractivity (Wildman–Crippen MR) is 75.7 cm³/mol. The van der Waals surface area contributed by atoms with Crippen LogP contribution < -0.4 is 0 Å². The van der Waals surface area contributed by atoms with E-state index in [1.807, 2.05) is 0 Å². The zero-order chi connectivity index (χ0) is 3.54. The Hall–Kier alpha value is 2.66. The van der Waals surface area contributed by atoms with Crippen LogP contribution in [0.1, 0.15) is 0 Å². The second-order valence-corrected chi connectivity index (χ2v) is 11.9. The summed E-state index contributed by atoms with van der Waals surface area (Å²) in [5.41, 5.74) is 0. The fourth-order valence-electron chi connectivity index (χ4n) is 0.196. The molecule has 0 saturated heterocycles. The second kappa shape index (κ2) is 8.66. The summed E-state index contributed by atoms with van der Waals surface area (Å²) in [6, 6.07) is 0. The Labute approximate surface area is 94.9 Å². The van der Waals surface area contributed by atoms with Gasteiger partial charge in [-0.15, -0.1) is 48.0 Å². The van der Waals surface area contributed by atoms with Crippen LogP contribution in [0.4, 0.5) is 0 Å². The summed E-state index contributed by atoms with van der Waals surface area (Å²) in [4.78, 5) is 0. The minimum Gasteiger partial charge on any atom is -0.107 e.